The van der Waals surface area contributed by atoms with Crippen LogP contribution >= 0.6 is 0 Å². The average molecular weight is 281 g/mol. The molecular formula is C13H7F4N3. The molecule has 0 saturated carbocycles. The molecule has 0 atom stereocenters. The Kier molecular flexibility index (Phi) is 2.63. The van der Waals surface area contributed by atoms with Gasteiger partial charge >= 0.3 is 0 Å². The van der Waals surface area contributed by atoms with E-state index in [1.54, 1.807) is 0 Å². The summed E-state index contributed by atoms with van der Waals surface area (Å²) in [4.78, 5) is 3.86. The van der Waals surface area contributed by atoms with E-state index >= 15 is 0 Å². The van der Waals surface area contributed by atoms with Gasteiger partial charge in [0.05, 0.1) is 16.7 Å². The quantitative estimate of drug-likeness (QED) is 0.550. The Morgan fingerprint density at radius 1 is 0.900 bits per heavy atom. The fourth-order valence-corrected chi connectivity index (χ4v) is 2.01. The summed E-state index contributed by atoms with van der Waals surface area (Å²) in [6.07, 6.45) is 0. The molecule has 0 saturated heterocycles. The van der Waals surface area contributed by atoms with Gasteiger partial charge in [-0.25, -0.2) is 22.5 Å². The maximum atomic E-state index is 13.8. The smallest absolute Gasteiger partial charge is 0.206 e. The lowest BCUT2D eigenvalue weighted by molar-refractivity contribution is 0.493. The third-order valence-electron chi connectivity index (χ3n) is 2.87. The zero-order valence-corrected chi connectivity index (χ0v) is 9.87. The molecule has 7 heteroatoms. The lowest BCUT2D eigenvalue weighted by Gasteiger charge is -2.08. The zero-order valence-electron chi connectivity index (χ0n) is 9.87. The molecule has 1 heterocycles. The van der Waals surface area contributed by atoms with Crippen LogP contribution in [0.15, 0.2) is 30.3 Å². The fourth-order valence-electron chi connectivity index (χ4n) is 2.01. The highest BCUT2D eigenvalue weighted by Crippen LogP contribution is 2.26. The number of nitrogens with two attached hydrogens (primary N) is 1. The van der Waals surface area contributed by atoms with Gasteiger partial charge in [-0.3, -0.25) is 4.57 Å². The van der Waals surface area contributed by atoms with Crippen molar-refractivity contribution in [1.29, 1.82) is 0 Å². The molecule has 2 aromatic carbocycles. The Labute approximate surface area is 110 Å². The molecule has 3 aromatic rings. The summed E-state index contributed by atoms with van der Waals surface area (Å²) in [5.74, 6) is -4.22. The Balaban J connectivity index is 2.35. The molecule has 0 radical (unpaired) electrons. The van der Waals surface area contributed by atoms with Crippen molar-refractivity contribution in [2.24, 2.45) is 0 Å². The topological polar surface area (TPSA) is 43.8 Å². The molecule has 1 aromatic heterocycles. The lowest BCUT2D eigenvalue weighted by Crippen LogP contribution is -2.04. The second kappa shape index (κ2) is 4.22. The summed E-state index contributed by atoms with van der Waals surface area (Å²) in [6.45, 7) is 0. The van der Waals surface area contributed by atoms with Crippen LogP contribution in [-0.4, -0.2) is 9.55 Å². The van der Waals surface area contributed by atoms with Crippen molar-refractivity contribution >= 4 is 17.0 Å². The molecule has 0 aliphatic rings. The first kappa shape index (κ1) is 12.5. The highest BCUT2D eigenvalue weighted by molar-refractivity contribution is 5.80. The maximum absolute atomic E-state index is 13.8. The minimum atomic E-state index is -1.31. The molecule has 0 bridgehead atoms. The van der Waals surface area contributed by atoms with E-state index in [1.807, 2.05) is 0 Å². The summed E-state index contributed by atoms with van der Waals surface area (Å²) in [7, 11) is 0. The largest absolute Gasteiger partial charge is 0.369 e. The Hall–Kier alpha value is -2.57. The summed E-state index contributed by atoms with van der Waals surface area (Å²) < 4.78 is 54.2. The van der Waals surface area contributed by atoms with Gasteiger partial charge in [-0.1, -0.05) is 0 Å². The van der Waals surface area contributed by atoms with Gasteiger partial charge in [0.1, 0.15) is 11.6 Å². The summed E-state index contributed by atoms with van der Waals surface area (Å²) in [5.41, 5.74) is 5.82. The maximum Gasteiger partial charge on any atom is 0.206 e. The van der Waals surface area contributed by atoms with Crippen molar-refractivity contribution in [3.63, 3.8) is 0 Å². The SMILES string of the molecule is Nc1nc2cc(F)ccc2n1-c1cc(F)c(F)cc1F. The number of nitrogen functional groups attached to an aromatic ring is 1. The highest BCUT2D eigenvalue weighted by atomic mass is 19.2. The Morgan fingerprint density at radius 2 is 1.60 bits per heavy atom. The van der Waals surface area contributed by atoms with E-state index in [4.69, 9.17) is 5.73 Å². The van der Waals surface area contributed by atoms with Gasteiger partial charge in [0.25, 0.3) is 0 Å². The van der Waals surface area contributed by atoms with E-state index < -0.39 is 23.3 Å². The number of benzene rings is 2. The molecule has 0 fully saturated rings. The number of rotatable bonds is 1. The van der Waals surface area contributed by atoms with Crippen molar-refractivity contribution in [3.05, 3.63) is 53.6 Å². The van der Waals surface area contributed by atoms with Crippen LogP contribution in [0.4, 0.5) is 23.5 Å². The van der Waals surface area contributed by atoms with Gasteiger partial charge in [-0.2, -0.15) is 0 Å². The first-order valence-corrected chi connectivity index (χ1v) is 5.56. The Morgan fingerprint density at radius 3 is 2.35 bits per heavy atom. The molecule has 0 unspecified atom stereocenters. The van der Waals surface area contributed by atoms with Crippen molar-refractivity contribution in [1.82, 2.24) is 9.55 Å². The number of halogens is 4. The van der Waals surface area contributed by atoms with Gasteiger partial charge in [-0.15, -0.1) is 0 Å². The van der Waals surface area contributed by atoms with E-state index in [0.29, 0.717) is 12.1 Å². The highest BCUT2D eigenvalue weighted by Gasteiger charge is 2.17. The van der Waals surface area contributed by atoms with E-state index in [2.05, 4.69) is 4.98 Å². The second-order valence-electron chi connectivity index (χ2n) is 4.16. The predicted molar refractivity (Wildman–Crippen MR) is 65.3 cm³/mol. The molecule has 0 amide bonds. The molecule has 3 rings (SSSR count). The van der Waals surface area contributed by atoms with E-state index in [0.717, 1.165) is 16.7 Å². The van der Waals surface area contributed by atoms with Crippen molar-refractivity contribution in [3.8, 4) is 5.69 Å². The van der Waals surface area contributed by atoms with Gasteiger partial charge in [0.15, 0.2) is 11.6 Å². The van der Waals surface area contributed by atoms with Gasteiger partial charge in [0, 0.05) is 18.2 Å². The number of hydrogen-bond donors (Lipinski definition) is 1. The standard InChI is InChI=1S/C13H7F4N3/c14-6-1-2-11-10(3-6)19-13(18)20(11)12-5-8(16)7(15)4-9(12)17/h1-5H,(H2,18,19). The number of imidazole rings is 1. The normalized spacial score (nSPS) is 11.2. The van der Waals surface area contributed by atoms with Crippen molar-refractivity contribution in [2.45, 2.75) is 0 Å². The summed E-state index contributed by atoms with van der Waals surface area (Å²) in [5, 5.41) is 0. The molecule has 0 aliphatic carbocycles. The van der Waals surface area contributed by atoms with Gasteiger partial charge < -0.3 is 5.73 Å². The van der Waals surface area contributed by atoms with Crippen LogP contribution in [0.1, 0.15) is 0 Å². The van der Waals surface area contributed by atoms with E-state index in [9.17, 15) is 17.6 Å². The number of nitrogens with zero attached hydrogens (tertiary/aromatic N) is 2. The number of hydrogen-bond acceptors (Lipinski definition) is 2. The van der Waals surface area contributed by atoms with Crippen LogP contribution in [0.2, 0.25) is 0 Å². The number of anilines is 1. The van der Waals surface area contributed by atoms with Gasteiger partial charge in [-0.05, 0) is 12.1 Å². The predicted octanol–water partition coefficient (Wildman–Crippen LogP) is 3.16. The third-order valence-corrected chi connectivity index (χ3v) is 2.87. The van der Waals surface area contributed by atoms with Crippen molar-refractivity contribution < 1.29 is 17.6 Å². The van der Waals surface area contributed by atoms with Crippen LogP contribution in [0.5, 0.6) is 0 Å². The number of fused-ring (bicyclic) bond motifs is 1. The molecular weight excluding hydrogens is 274 g/mol. The fraction of sp³-hybridized carbons (Fsp3) is 0. The summed E-state index contributed by atoms with van der Waals surface area (Å²) >= 11 is 0. The van der Waals surface area contributed by atoms with Crippen LogP contribution in [0.25, 0.3) is 16.7 Å². The molecule has 20 heavy (non-hydrogen) atoms. The third kappa shape index (κ3) is 1.78. The monoisotopic (exact) mass is 281 g/mol. The first-order chi connectivity index (χ1) is 9.47. The van der Waals surface area contributed by atoms with Crippen LogP contribution in [0, 0.1) is 23.3 Å². The molecule has 2 N–H and O–H groups in total. The number of aromatic nitrogens is 2. The minimum absolute atomic E-state index is 0.157. The summed E-state index contributed by atoms with van der Waals surface area (Å²) in [6, 6.07) is 4.66. The van der Waals surface area contributed by atoms with Crippen molar-refractivity contribution in [2.75, 3.05) is 5.73 Å². The molecule has 102 valence electrons. The van der Waals surface area contributed by atoms with Gasteiger partial charge in [0.2, 0.25) is 5.95 Å². The second-order valence-corrected chi connectivity index (χ2v) is 4.16. The van der Waals surface area contributed by atoms with Crippen LogP contribution in [0.3, 0.4) is 0 Å². The molecule has 3 nitrogen and oxygen atoms in total. The lowest BCUT2D eigenvalue weighted by atomic mass is 10.2. The zero-order chi connectivity index (χ0) is 14.4. The van der Waals surface area contributed by atoms with Crippen LogP contribution in [-0.2, 0) is 0 Å². The molecule has 0 spiro atoms. The van der Waals surface area contributed by atoms with E-state index in [1.165, 1.54) is 6.07 Å². The first-order valence-electron chi connectivity index (χ1n) is 5.56. The van der Waals surface area contributed by atoms with Crippen LogP contribution < -0.4 is 5.73 Å². The average Bonchev–Trinajstić information content (AvgIpc) is 2.69. The molecule has 0 aliphatic heterocycles. The Bertz CT molecular complexity index is 826. The minimum Gasteiger partial charge on any atom is -0.369 e. The van der Waals surface area contributed by atoms with E-state index in [-0.39, 0.29) is 22.7 Å².